The Labute approximate surface area is 162 Å². The van der Waals surface area contributed by atoms with Crippen LogP contribution in [0.15, 0.2) is 60.0 Å². The lowest BCUT2D eigenvalue weighted by atomic mass is 9.99. The van der Waals surface area contributed by atoms with Crippen molar-refractivity contribution < 1.29 is 19.1 Å². The molecule has 0 bridgehead atoms. The zero-order chi connectivity index (χ0) is 19.2. The zero-order valence-corrected chi connectivity index (χ0v) is 16.0. The maximum atomic E-state index is 12.8. The molecule has 0 amide bonds. The van der Waals surface area contributed by atoms with Gasteiger partial charge < -0.3 is 9.47 Å². The normalized spacial score (nSPS) is 10.4. The smallest absolute Gasteiger partial charge is 0.338 e. The van der Waals surface area contributed by atoms with Gasteiger partial charge in [0.1, 0.15) is 5.75 Å². The van der Waals surface area contributed by atoms with E-state index >= 15 is 0 Å². The molecule has 4 nitrogen and oxygen atoms in total. The van der Waals surface area contributed by atoms with Crippen LogP contribution >= 0.6 is 11.3 Å². The van der Waals surface area contributed by atoms with Crippen LogP contribution in [0.4, 0.5) is 0 Å². The van der Waals surface area contributed by atoms with Gasteiger partial charge in [0.15, 0.2) is 5.78 Å². The topological polar surface area (TPSA) is 52.6 Å². The molecule has 0 saturated heterocycles. The lowest BCUT2D eigenvalue weighted by molar-refractivity contribution is 0.0526. The lowest BCUT2D eigenvalue weighted by Crippen LogP contribution is -2.09. The van der Waals surface area contributed by atoms with E-state index in [2.05, 4.69) is 0 Å². The van der Waals surface area contributed by atoms with E-state index in [1.165, 1.54) is 0 Å². The van der Waals surface area contributed by atoms with Gasteiger partial charge in [-0.3, -0.25) is 4.79 Å². The Morgan fingerprint density at radius 3 is 2.52 bits per heavy atom. The second-order valence-corrected chi connectivity index (χ2v) is 6.85. The minimum Gasteiger partial charge on any atom is -0.496 e. The van der Waals surface area contributed by atoms with E-state index in [1.807, 2.05) is 35.7 Å². The van der Waals surface area contributed by atoms with Crippen LogP contribution in [0.3, 0.4) is 0 Å². The number of thiophene rings is 1. The molecule has 0 aliphatic carbocycles. The minimum absolute atomic E-state index is 0.0808. The molecule has 5 heteroatoms. The Morgan fingerprint density at radius 2 is 1.81 bits per heavy atom. The average Bonchev–Trinajstić information content (AvgIpc) is 3.23. The fourth-order valence-corrected chi connectivity index (χ4v) is 3.55. The molecule has 0 atom stereocenters. The second kappa shape index (κ2) is 8.64. The van der Waals surface area contributed by atoms with Gasteiger partial charge in [0.05, 0.1) is 19.3 Å². The van der Waals surface area contributed by atoms with Gasteiger partial charge in [0.25, 0.3) is 0 Å². The molecule has 0 unspecified atom stereocenters. The van der Waals surface area contributed by atoms with E-state index in [-0.39, 0.29) is 12.2 Å². The van der Waals surface area contributed by atoms with Crippen molar-refractivity contribution in [2.24, 2.45) is 0 Å². The summed E-state index contributed by atoms with van der Waals surface area (Å²) in [5, 5.41) is 2.02. The molecule has 138 valence electrons. The van der Waals surface area contributed by atoms with E-state index in [1.54, 1.807) is 49.6 Å². The molecule has 0 aliphatic heterocycles. The third-order valence-corrected chi connectivity index (χ3v) is 5.05. The molecule has 0 aliphatic rings. The highest BCUT2D eigenvalue weighted by molar-refractivity contribution is 7.13. The fourth-order valence-electron chi connectivity index (χ4n) is 2.82. The van der Waals surface area contributed by atoms with Gasteiger partial charge in [-0.15, -0.1) is 11.3 Å². The standard InChI is InChI=1S/C22H20O4S/c1-3-26-22(24)17-7-4-6-15(12-17)19(23)14-18-13-16(9-10-20(18)25-2)21-8-5-11-27-21/h4-13H,3,14H2,1-2H3. The quantitative estimate of drug-likeness (QED) is 0.426. The number of carbonyl (C=O) groups excluding carboxylic acids is 2. The minimum atomic E-state index is -0.426. The Balaban J connectivity index is 1.86. The van der Waals surface area contributed by atoms with Crippen LogP contribution in [0.25, 0.3) is 10.4 Å². The summed E-state index contributed by atoms with van der Waals surface area (Å²) in [5.74, 6) is 0.164. The van der Waals surface area contributed by atoms with Gasteiger partial charge in [0.2, 0.25) is 0 Å². The predicted molar refractivity (Wildman–Crippen MR) is 107 cm³/mol. The van der Waals surface area contributed by atoms with Crippen molar-refractivity contribution >= 4 is 23.1 Å². The molecule has 0 radical (unpaired) electrons. The number of Topliss-reactive ketones (excluding diaryl/α,β-unsaturated/α-hetero) is 1. The zero-order valence-electron chi connectivity index (χ0n) is 15.2. The van der Waals surface area contributed by atoms with Gasteiger partial charge in [0, 0.05) is 22.4 Å². The number of carbonyl (C=O) groups is 2. The summed E-state index contributed by atoms with van der Waals surface area (Å²) in [5.41, 5.74) is 2.72. The molecule has 0 spiro atoms. The van der Waals surface area contributed by atoms with E-state index in [9.17, 15) is 9.59 Å². The molecular weight excluding hydrogens is 360 g/mol. The Bertz CT molecular complexity index is 945. The molecule has 1 aromatic heterocycles. The average molecular weight is 380 g/mol. The third-order valence-electron chi connectivity index (χ3n) is 4.13. The van der Waals surface area contributed by atoms with E-state index in [4.69, 9.17) is 9.47 Å². The third kappa shape index (κ3) is 4.44. The highest BCUT2D eigenvalue weighted by Crippen LogP contribution is 2.30. The summed E-state index contributed by atoms with van der Waals surface area (Å²) in [6.45, 7) is 2.05. The highest BCUT2D eigenvalue weighted by Gasteiger charge is 2.15. The van der Waals surface area contributed by atoms with Crippen molar-refractivity contribution in [2.45, 2.75) is 13.3 Å². The number of hydrogen-bond donors (Lipinski definition) is 0. The van der Waals surface area contributed by atoms with Crippen LogP contribution in [0, 0.1) is 0 Å². The van der Waals surface area contributed by atoms with Crippen LogP contribution in [0.2, 0.25) is 0 Å². The summed E-state index contributed by atoms with van der Waals surface area (Å²) in [6.07, 6.45) is 0.189. The van der Waals surface area contributed by atoms with Crippen LogP contribution in [-0.2, 0) is 11.2 Å². The summed E-state index contributed by atoms with van der Waals surface area (Å²) in [4.78, 5) is 25.8. The van der Waals surface area contributed by atoms with E-state index < -0.39 is 5.97 Å². The predicted octanol–water partition coefficient (Wildman–Crippen LogP) is 5.03. The van der Waals surface area contributed by atoms with Crippen LogP contribution in [-0.4, -0.2) is 25.5 Å². The first-order valence-corrected chi connectivity index (χ1v) is 9.51. The first-order chi connectivity index (χ1) is 13.1. The molecule has 0 fully saturated rings. The van der Waals surface area contributed by atoms with Crippen molar-refractivity contribution in [3.63, 3.8) is 0 Å². The maximum absolute atomic E-state index is 12.8. The van der Waals surface area contributed by atoms with Crippen LogP contribution < -0.4 is 4.74 Å². The molecule has 3 aromatic rings. The number of esters is 1. The second-order valence-electron chi connectivity index (χ2n) is 5.91. The van der Waals surface area contributed by atoms with Crippen molar-refractivity contribution in [1.82, 2.24) is 0 Å². The van der Waals surface area contributed by atoms with Crippen molar-refractivity contribution in [1.29, 1.82) is 0 Å². The number of ketones is 1. The molecule has 3 rings (SSSR count). The molecule has 0 N–H and O–H groups in total. The number of rotatable bonds is 7. The fraction of sp³-hybridized carbons (Fsp3) is 0.182. The SMILES string of the molecule is CCOC(=O)c1cccc(C(=O)Cc2cc(-c3cccs3)ccc2OC)c1. The van der Waals surface area contributed by atoms with Gasteiger partial charge in [-0.05, 0) is 54.3 Å². The van der Waals surface area contributed by atoms with Crippen molar-refractivity contribution in [3.8, 4) is 16.2 Å². The number of benzene rings is 2. The Hall–Kier alpha value is -2.92. The van der Waals surface area contributed by atoms with Crippen LogP contribution in [0.1, 0.15) is 33.2 Å². The van der Waals surface area contributed by atoms with Gasteiger partial charge in [-0.25, -0.2) is 4.79 Å². The summed E-state index contributed by atoms with van der Waals surface area (Å²) >= 11 is 1.65. The Kier molecular flexibility index (Phi) is 6.04. The van der Waals surface area contributed by atoms with Crippen LogP contribution in [0.5, 0.6) is 5.75 Å². The van der Waals surface area contributed by atoms with Crippen molar-refractivity contribution in [2.75, 3.05) is 13.7 Å². The van der Waals surface area contributed by atoms with Crippen molar-refractivity contribution in [3.05, 3.63) is 76.7 Å². The van der Waals surface area contributed by atoms with E-state index in [0.717, 1.165) is 16.0 Å². The van der Waals surface area contributed by atoms with E-state index in [0.29, 0.717) is 23.5 Å². The lowest BCUT2D eigenvalue weighted by Gasteiger charge is -2.10. The molecule has 27 heavy (non-hydrogen) atoms. The first-order valence-electron chi connectivity index (χ1n) is 8.63. The highest BCUT2D eigenvalue weighted by atomic mass is 32.1. The number of hydrogen-bond acceptors (Lipinski definition) is 5. The maximum Gasteiger partial charge on any atom is 0.338 e. The monoisotopic (exact) mass is 380 g/mol. The number of methoxy groups -OCH3 is 1. The summed E-state index contributed by atoms with van der Waals surface area (Å²) in [6, 6.07) is 16.5. The summed E-state index contributed by atoms with van der Waals surface area (Å²) < 4.78 is 10.4. The largest absolute Gasteiger partial charge is 0.496 e. The molecular formula is C22H20O4S. The first kappa shape index (κ1) is 18.9. The summed E-state index contributed by atoms with van der Waals surface area (Å²) in [7, 11) is 1.59. The van der Waals surface area contributed by atoms with Gasteiger partial charge in [-0.2, -0.15) is 0 Å². The number of ether oxygens (including phenoxy) is 2. The molecule has 0 saturated carbocycles. The van der Waals surface area contributed by atoms with Gasteiger partial charge >= 0.3 is 5.97 Å². The molecule has 1 heterocycles. The Morgan fingerprint density at radius 1 is 1.00 bits per heavy atom. The molecule has 2 aromatic carbocycles. The van der Waals surface area contributed by atoms with Gasteiger partial charge in [-0.1, -0.05) is 18.2 Å².